The molecule has 110 valence electrons. The van der Waals surface area contributed by atoms with Crippen molar-refractivity contribution in [2.75, 3.05) is 0 Å². The number of hydrogen-bond donors (Lipinski definition) is 0. The summed E-state index contributed by atoms with van der Waals surface area (Å²) in [5, 5.41) is 3.72. The minimum atomic E-state index is 0.203. The molecular weight excluding hydrogens is 258 g/mol. The van der Waals surface area contributed by atoms with E-state index in [0.29, 0.717) is 5.92 Å². The Morgan fingerprint density at radius 1 is 1.00 bits per heavy atom. The molecule has 0 amide bonds. The van der Waals surface area contributed by atoms with Crippen LogP contribution < -0.4 is 0 Å². The number of hydrogen-bond acceptors (Lipinski definition) is 2. The lowest BCUT2D eigenvalue weighted by Crippen LogP contribution is -2.30. The van der Waals surface area contributed by atoms with Crippen LogP contribution in [-0.2, 0) is 10.8 Å². The van der Waals surface area contributed by atoms with E-state index in [9.17, 15) is 0 Å². The van der Waals surface area contributed by atoms with Gasteiger partial charge in [-0.1, -0.05) is 64.1 Å². The number of fused-ring (bicyclic) bond motifs is 1. The predicted octanol–water partition coefficient (Wildman–Crippen LogP) is 5.05. The number of nitrogens with zero attached hydrogens (tertiary/aromatic N) is 1. The highest BCUT2D eigenvalue weighted by atomic mass is 16.5. The zero-order valence-corrected chi connectivity index (χ0v) is 13.5. The van der Waals surface area contributed by atoms with Gasteiger partial charge < -0.3 is 4.52 Å². The van der Waals surface area contributed by atoms with E-state index in [4.69, 9.17) is 4.52 Å². The third kappa shape index (κ3) is 2.14. The molecule has 1 aromatic heterocycles. The standard InChI is InChI=1S/C19H23NO/c1-13-18(2,3)16-9-7-14(12-17(16)19(13,4)5)6-8-15-10-11-20-21-15/h6-13H,1-5H3. The van der Waals surface area contributed by atoms with Gasteiger partial charge in [0.25, 0.3) is 0 Å². The SMILES string of the molecule is CC1C(C)(C)c2ccc(C=Cc3ccno3)cc2C1(C)C. The maximum atomic E-state index is 5.10. The van der Waals surface area contributed by atoms with Crippen molar-refractivity contribution in [1.29, 1.82) is 0 Å². The van der Waals surface area contributed by atoms with Gasteiger partial charge in [0.15, 0.2) is 5.76 Å². The Bertz CT molecular complexity index is 678. The van der Waals surface area contributed by atoms with Crippen LogP contribution in [0.1, 0.15) is 57.1 Å². The van der Waals surface area contributed by atoms with Crippen molar-refractivity contribution in [3.05, 3.63) is 52.9 Å². The number of benzene rings is 1. The molecule has 1 aromatic carbocycles. The largest absolute Gasteiger partial charge is 0.357 e. The molecule has 0 N–H and O–H groups in total. The van der Waals surface area contributed by atoms with Gasteiger partial charge in [0.2, 0.25) is 0 Å². The topological polar surface area (TPSA) is 26.0 Å². The summed E-state index contributed by atoms with van der Waals surface area (Å²) in [4.78, 5) is 0. The van der Waals surface area contributed by atoms with Gasteiger partial charge in [0, 0.05) is 6.07 Å². The first-order valence-electron chi connectivity index (χ1n) is 7.57. The van der Waals surface area contributed by atoms with E-state index < -0.39 is 0 Å². The van der Waals surface area contributed by atoms with Crippen molar-refractivity contribution in [3.63, 3.8) is 0 Å². The summed E-state index contributed by atoms with van der Waals surface area (Å²) >= 11 is 0. The molecule has 1 aliphatic rings. The Balaban J connectivity index is 2.01. The normalized spacial score (nSPS) is 22.6. The van der Waals surface area contributed by atoms with Crippen molar-refractivity contribution in [2.45, 2.75) is 45.4 Å². The number of aromatic nitrogens is 1. The summed E-state index contributed by atoms with van der Waals surface area (Å²) in [6, 6.07) is 8.68. The average molecular weight is 281 g/mol. The van der Waals surface area contributed by atoms with Crippen LogP contribution in [0.4, 0.5) is 0 Å². The second kappa shape index (κ2) is 4.59. The van der Waals surface area contributed by atoms with Gasteiger partial charge in [-0.15, -0.1) is 0 Å². The summed E-state index contributed by atoms with van der Waals surface area (Å²) in [7, 11) is 0. The molecule has 0 saturated heterocycles. The van der Waals surface area contributed by atoms with Crippen molar-refractivity contribution < 1.29 is 4.52 Å². The Morgan fingerprint density at radius 2 is 1.71 bits per heavy atom. The van der Waals surface area contributed by atoms with Crippen LogP contribution in [0.15, 0.2) is 35.0 Å². The summed E-state index contributed by atoms with van der Waals surface area (Å²) in [6.45, 7) is 11.8. The molecule has 0 aliphatic heterocycles. The maximum Gasteiger partial charge on any atom is 0.159 e. The first kappa shape index (κ1) is 14.1. The second-order valence-corrected chi connectivity index (χ2v) is 7.22. The minimum Gasteiger partial charge on any atom is -0.357 e. The Kier molecular flexibility index (Phi) is 3.09. The molecule has 1 unspecified atom stereocenters. The van der Waals surface area contributed by atoms with E-state index in [0.717, 1.165) is 5.76 Å². The van der Waals surface area contributed by atoms with Crippen LogP contribution in [0.3, 0.4) is 0 Å². The molecule has 0 radical (unpaired) electrons. The highest BCUT2D eigenvalue weighted by Gasteiger charge is 2.48. The van der Waals surface area contributed by atoms with Gasteiger partial charge in [0.05, 0.1) is 6.20 Å². The van der Waals surface area contributed by atoms with Gasteiger partial charge in [-0.25, -0.2) is 0 Å². The van der Waals surface area contributed by atoms with Gasteiger partial charge in [-0.2, -0.15) is 0 Å². The highest BCUT2D eigenvalue weighted by molar-refractivity contribution is 5.68. The van der Waals surface area contributed by atoms with Gasteiger partial charge in [-0.3, -0.25) is 0 Å². The van der Waals surface area contributed by atoms with Gasteiger partial charge in [-0.05, 0) is 39.5 Å². The van der Waals surface area contributed by atoms with E-state index in [1.54, 1.807) is 6.20 Å². The summed E-state index contributed by atoms with van der Waals surface area (Å²) in [5.41, 5.74) is 4.60. The zero-order chi connectivity index (χ0) is 15.3. The fourth-order valence-corrected chi connectivity index (χ4v) is 3.62. The molecule has 0 saturated carbocycles. The molecule has 0 spiro atoms. The van der Waals surface area contributed by atoms with Crippen molar-refractivity contribution in [3.8, 4) is 0 Å². The van der Waals surface area contributed by atoms with Gasteiger partial charge >= 0.3 is 0 Å². The quantitative estimate of drug-likeness (QED) is 0.770. The molecule has 2 nitrogen and oxygen atoms in total. The third-order valence-electron chi connectivity index (χ3n) is 5.49. The van der Waals surface area contributed by atoms with E-state index in [2.05, 4.69) is 64.1 Å². The molecule has 21 heavy (non-hydrogen) atoms. The van der Waals surface area contributed by atoms with E-state index in [-0.39, 0.29) is 10.8 Å². The summed E-state index contributed by atoms with van der Waals surface area (Å²) < 4.78 is 5.10. The van der Waals surface area contributed by atoms with Crippen molar-refractivity contribution in [2.24, 2.45) is 5.92 Å². The monoisotopic (exact) mass is 281 g/mol. The van der Waals surface area contributed by atoms with Crippen LogP contribution in [-0.4, -0.2) is 5.16 Å². The van der Waals surface area contributed by atoms with Crippen LogP contribution in [0.2, 0.25) is 0 Å². The third-order valence-corrected chi connectivity index (χ3v) is 5.49. The van der Waals surface area contributed by atoms with Crippen LogP contribution in [0.5, 0.6) is 0 Å². The molecule has 1 aliphatic carbocycles. The second-order valence-electron chi connectivity index (χ2n) is 7.22. The van der Waals surface area contributed by atoms with E-state index >= 15 is 0 Å². The first-order valence-corrected chi connectivity index (χ1v) is 7.57. The predicted molar refractivity (Wildman–Crippen MR) is 87.1 cm³/mol. The van der Waals surface area contributed by atoms with Crippen LogP contribution >= 0.6 is 0 Å². The molecule has 0 fully saturated rings. The first-order chi connectivity index (χ1) is 9.83. The molecule has 2 heteroatoms. The summed E-state index contributed by atoms with van der Waals surface area (Å²) in [6.07, 6.45) is 5.72. The smallest absolute Gasteiger partial charge is 0.159 e. The maximum absolute atomic E-state index is 5.10. The lowest BCUT2D eigenvalue weighted by Gasteiger charge is -2.32. The molecule has 2 aromatic rings. The molecule has 1 heterocycles. The van der Waals surface area contributed by atoms with Crippen LogP contribution in [0.25, 0.3) is 12.2 Å². The average Bonchev–Trinajstić information content (AvgIpc) is 3.00. The minimum absolute atomic E-state index is 0.203. The Hall–Kier alpha value is -1.83. The highest BCUT2D eigenvalue weighted by Crippen LogP contribution is 2.53. The molecule has 3 rings (SSSR count). The van der Waals surface area contributed by atoms with Crippen molar-refractivity contribution >= 4 is 12.2 Å². The summed E-state index contributed by atoms with van der Waals surface area (Å²) in [5.74, 6) is 1.40. The Morgan fingerprint density at radius 3 is 2.38 bits per heavy atom. The fourth-order valence-electron chi connectivity index (χ4n) is 3.62. The Labute approximate surface area is 126 Å². The lowest BCUT2D eigenvalue weighted by atomic mass is 9.71. The zero-order valence-electron chi connectivity index (χ0n) is 13.5. The lowest BCUT2D eigenvalue weighted by molar-refractivity contribution is 0.264. The molecular formula is C19H23NO. The number of rotatable bonds is 2. The van der Waals surface area contributed by atoms with Gasteiger partial charge in [0.1, 0.15) is 0 Å². The van der Waals surface area contributed by atoms with Crippen LogP contribution in [0, 0.1) is 5.92 Å². The molecule has 1 atom stereocenters. The van der Waals surface area contributed by atoms with E-state index in [1.807, 2.05) is 12.1 Å². The van der Waals surface area contributed by atoms with E-state index in [1.165, 1.54) is 16.7 Å². The van der Waals surface area contributed by atoms with Crippen molar-refractivity contribution in [1.82, 2.24) is 5.16 Å². The molecule has 0 bridgehead atoms. The fraction of sp³-hybridized carbons (Fsp3) is 0.421.